The molecule has 3 N–H and O–H groups in total. The van der Waals surface area contributed by atoms with E-state index in [1.807, 2.05) is 6.92 Å². The number of aliphatic hydroxyl groups is 1. The number of amides is 1. The van der Waals surface area contributed by atoms with Crippen molar-refractivity contribution in [3.8, 4) is 0 Å². The monoisotopic (exact) mass is 203 g/mol. The van der Waals surface area contributed by atoms with Gasteiger partial charge in [0.1, 0.15) is 0 Å². The van der Waals surface area contributed by atoms with Crippen LogP contribution in [0.2, 0.25) is 0 Å². The van der Waals surface area contributed by atoms with Gasteiger partial charge in [0, 0.05) is 19.6 Å². The third-order valence-electron chi connectivity index (χ3n) is 2.01. The third kappa shape index (κ3) is 9.48. The molecule has 0 fully saturated rings. The van der Waals surface area contributed by atoms with E-state index in [4.69, 9.17) is 10.5 Å². The minimum atomic E-state index is -0.311. The maximum absolute atomic E-state index is 10.4. The molecule has 0 spiro atoms. The quantitative estimate of drug-likeness (QED) is 0.545. The van der Waals surface area contributed by atoms with E-state index in [1.165, 1.54) is 0 Å². The molecule has 0 aromatic rings. The fraction of sp³-hybridized carbons (Fsp3) is 0.900. The Hall–Kier alpha value is -0.610. The molecule has 0 bridgehead atoms. The van der Waals surface area contributed by atoms with Gasteiger partial charge in [-0.3, -0.25) is 4.79 Å². The summed E-state index contributed by atoms with van der Waals surface area (Å²) in [7, 11) is 0. The molecular formula is C10H21NO3. The largest absolute Gasteiger partial charge is 0.393 e. The molecule has 0 aromatic heterocycles. The van der Waals surface area contributed by atoms with Gasteiger partial charge in [-0.2, -0.15) is 0 Å². The lowest BCUT2D eigenvalue weighted by atomic mass is 10.1. The average Bonchev–Trinajstić information content (AvgIpc) is 2.13. The summed E-state index contributed by atoms with van der Waals surface area (Å²) in [5.74, 6) is -0.270. The van der Waals surface area contributed by atoms with Gasteiger partial charge in [0.25, 0.3) is 0 Å². The Morgan fingerprint density at radius 3 is 2.71 bits per heavy atom. The number of hydrogen-bond donors (Lipinski definition) is 2. The van der Waals surface area contributed by atoms with Crippen molar-refractivity contribution in [3.63, 3.8) is 0 Å². The zero-order valence-electron chi connectivity index (χ0n) is 8.87. The van der Waals surface area contributed by atoms with Crippen molar-refractivity contribution in [1.82, 2.24) is 0 Å². The number of rotatable bonds is 9. The first kappa shape index (κ1) is 13.4. The highest BCUT2D eigenvalue weighted by Gasteiger charge is 2.03. The molecule has 0 saturated heterocycles. The first-order chi connectivity index (χ1) is 6.66. The summed E-state index contributed by atoms with van der Waals surface area (Å²) < 4.78 is 5.11. The van der Waals surface area contributed by atoms with E-state index >= 15 is 0 Å². The van der Waals surface area contributed by atoms with Crippen LogP contribution < -0.4 is 5.73 Å². The highest BCUT2D eigenvalue weighted by atomic mass is 16.5. The SMILES string of the molecule is CCOCC[C@@H](O)CCCCC(N)=O. The van der Waals surface area contributed by atoms with Gasteiger partial charge in [-0.05, 0) is 26.2 Å². The standard InChI is InChI=1S/C10H21NO3/c1-2-14-8-7-9(12)5-3-4-6-10(11)13/h9,12H,2-8H2,1H3,(H2,11,13)/t9-/m0/s1. The summed E-state index contributed by atoms with van der Waals surface area (Å²) in [6.45, 7) is 3.22. The van der Waals surface area contributed by atoms with Crippen LogP contribution in [-0.2, 0) is 9.53 Å². The van der Waals surface area contributed by atoms with Gasteiger partial charge in [-0.15, -0.1) is 0 Å². The molecule has 1 amide bonds. The number of ether oxygens (including phenoxy) is 1. The van der Waals surface area contributed by atoms with Crippen LogP contribution in [0.1, 0.15) is 39.0 Å². The number of aliphatic hydroxyl groups excluding tert-OH is 1. The number of carbonyl (C=O) groups excluding carboxylic acids is 1. The molecule has 0 aliphatic heterocycles. The Bertz CT molecular complexity index is 150. The van der Waals surface area contributed by atoms with Gasteiger partial charge < -0.3 is 15.6 Å². The summed E-state index contributed by atoms with van der Waals surface area (Å²) in [5, 5.41) is 9.44. The zero-order valence-corrected chi connectivity index (χ0v) is 8.87. The van der Waals surface area contributed by atoms with E-state index in [9.17, 15) is 9.90 Å². The molecule has 0 heterocycles. The molecule has 0 aromatic carbocycles. The van der Waals surface area contributed by atoms with Crippen molar-refractivity contribution in [3.05, 3.63) is 0 Å². The highest BCUT2D eigenvalue weighted by Crippen LogP contribution is 2.06. The van der Waals surface area contributed by atoms with E-state index in [0.717, 1.165) is 19.3 Å². The van der Waals surface area contributed by atoms with Crippen molar-refractivity contribution < 1.29 is 14.6 Å². The van der Waals surface area contributed by atoms with Crippen molar-refractivity contribution in [1.29, 1.82) is 0 Å². The van der Waals surface area contributed by atoms with Crippen molar-refractivity contribution in [2.24, 2.45) is 5.73 Å². The molecule has 4 heteroatoms. The number of unbranched alkanes of at least 4 members (excludes halogenated alkanes) is 1. The van der Waals surface area contributed by atoms with Gasteiger partial charge in [0.15, 0.2) is 0 Å². The van der Waals surface area contributed by atoms with E-state index < -0.39 is 0 Å². The lowest BCUT2D eigenvalue weighted by Gasteiger charge is -2.09. The lowest BCUT2D eigenvalue weighted by Crippen LogP contribution is -2.12. The highest BCUT2D eigenvalue weighted by molar-refractivity contribution is 5.73. The minimum absolute atomic E-state index is 0.270. The van der Waals surface area contributed by atoms with E-state index in [2.05, 4.69) is 0 Å². The number of primary amides is 1. The molecule has 1 atom stereocenters. The molecule has 84 valence electrons. The Morgan fingerprint density at radius 2 is 2.14 bits per heavy atom. The second kappa shape index (κ2) is 8.97. The molecule has 0 rings (SSSR count). The van der Waals surface area contributed by atoms with Gasteiger partial charge in [-0.25, -0.2) is 0 Å². The first-order valence-electron chi connectivity index (χ1n) is 5.21. The molecule has 0 radical (unpaired) electrons. The second-order valence-corrected chi connectivity index (χ2v) is 3.35. The Kier molecular flexibility index (Phi) is 8.57. The second-order valence-electron chi connectivity index (χ2n) is 3.35. The number of carbonyl (C=O) groups is 1. The average molecular weight is 203 g/mol. The van der Waals surface area contributed by atoms with Crippen LogP contribution in [0.3, 0.4) is 0 Å². The number of nitrogens with two attached hydrogens (primary N) is 1. The lowest BCUT2D eigenvalue weighted by molar-refractivity contribution is -0.118. The Labute approximate surface area is 85.4 Å². The summed E-state index contributed by atoms with van der Waals surface area (Å²) >= 11 is 0. The van der Waals surface area contributed by atoms with Crippen molar-refractivity contribution >= 4 is 5.91 Å². The Morgan fingerprint density at radius 1 is 1.43 bits per heavy atom. The molecule has 0 aliphatic rings. The van der Waals surface area contributed by atoms with Crippen molar-refractivity contribution in [2.75, 3.05) is 13.2 Å². The van der Waals surface area contributed by atoms with E-state index in [0.29, 0.717) is 26.1 Å². The van der Waals surface area contributed by atoms with Crippen LogP contribution in [-0.4, -0.2) is 30.3 Å². The Balaban J connectivity index is 3.18. The molecule has 0 aliphatic carbocycles. The smallest absolute Gasteiger partial charge is 0.217 e. The fourth-order valence-corrected chi connectivity index (χ4v) is 1.19. The maximum Gasteiger partial charge on any atom is 0.217 e. The topological polar surface area (TPSA) is 72.6 Å². The van der Waals surface area contributed by atoms with Gasteiger partial charge in [0.2, 0.25) is 5.91 Å². The minimum Gasteiger partial charge on any atom is -0.393 e. The van der Waals surface area contributed by atoms with E-state index in [-0.39, 0.29) is 12.0 Å². The summed E-state index contributed by atoms with van der Waals surface area (Å²) in [5.41, 5.74) is 4.99. The predicted molar refractivity (Wildman–Crippen MR) is 54.8 cm³/mol. The predicted octanol–water partition coefficient (Wildman–Crippen LogP) is 0.820. The van der Waals surface area contributed by atoms with Crippen LogP contribution >= 0.6 is 0 Å². The molecule has 4 nitrogen and oxygen atoms in total. The molecular weight excluding hydrogens is 182 g/mol. The van der Waals surface area contributed by atoms with Crippen LogP contribution in [0.5, 0.6) is 0 Å². The first-order valence-corrected chi connectivity index (χ1v) is 5.21. The number of hydrogen-bond acceptors (Lipinski definition) is 3. The third-order valence-corrected chi connectivity index (χ3v) is 2.01. The van der Waals surface area contributed by atoms with Gasteiger partial charge in [0.05, 0.1) is 6.10 Å². The summed E-state index contributed by atoms with van der Waals surface area (Å²) in [6, 6.07) is 0. The molecule has 0 unspecified atom stereocenters. The van der Waals surface area contributed by atoms with Crippen LogP contribution in [0, 0.1) is 0 Å². The summed E-state index contributed by atoms with van der Waals surface area (Å²) in [6.07, 6.45) is 3.11. The molecule has 0 saturated carbocycles. The normalized spacial score (nSPS) is 12.7. The van der Waals surface area contributed by atoms with Crippen molar-refractivity contribution in [2.45, 2.75) is 45.1 Å². The van der Waals surface area contributed by atoms with E-state index in [1.54, 1.807) is 0 Å². The zero-order chi connectivity index (χ0) is 10.8. The van der Waals surface area contributed by atoms with Crippen LogP contribution in [0.15, 0.2) is 0 Å². The van der Waals surface area contributed by atoms with Gasteiger partial charge in [-0.1, -0.05) is 6.42 Å². The fourth-order valence-electron chi connectivity index (χ4n) is 1.19. The van der Waals surface area contributed by atoms with Crippen LogP contribution in [0.4, 0.5) is 0 Å². The molecule has 14 heavy (non-hydrogen) atoms. The van der Waals surface area contributed by atoms with Gasteiger partial charge >= 0.3 is 0 Å². The van der Waals surface area contributed by atoms with Crippen LogP contribution in [0.25, 0.3) is 0 Å². The summed E-state index contributed by atoms with van der Waals surface area (Å²) in [4.78, 5) is 10.4. The maximum atomic E-state index is 10.4.